The highest BCUT2D eigenvalue weighted by Crippen LogP contribution is 2.41. The lowest BCUT2D eigenvalue weighted by Crippen LogP contribution is -2.38. The molecule has 2 aromatic rings. The van der Waals surface area contributed by atoms with Gasteiger partial charge < -0.3 is 0 Å². The molecule has 0 saturated heterocycles. The van der Waals surface area contributed by atoms with Crippen LogP contribution in [0.3, 0.4) is 0 Å². The van der Waals surface area contributed by atoms with E-state index in [4.69, 9.17) is 11.6 Å². The van der Waals surface area contributed by atoms with Gasteiger partial charge in [0.05, 0.1) is 25.1 Å². The fraction of sp³-hybridized carbons (Fsp3) is 0.312. The Balaban J connectivity index is 2.70. The molecule has 1 aromatic heterocycles. The molecule has 0 unspecified atom stereocenters. The van der Waals surface area contributed by atoms with E-state index in [-0.39, 0.29) is 26.6 Å². The number of hydrogen-bond acceptors (Lipinski definition) is 6. The Bertz CT molecular complexity index is 973. The topological polar surface area (TPSA) is 93.4 Å². The van der Waals surface area contributed by atoms with Crippen molar-refractivity contribution in [3.8, 4) is 0 Å². The molecule has 0 atom stereocenters. The highest BCUT2D eigenvalue weighted by molar-refractivity contribution is 9.10. The third-order valence-corrected chi connectivity index (χ3v) is 5.40. The summed E-state index contributed by atoms with van der Waals surface area (Å²) in [7, 11) is 0. The van der Waals surface area contributed by atoms with E-state index >= 15 is 0 Å². The maximum atomic E-state index is 13.3. The Morgan fingerprint density at radius 2 is 2.00 bits per heavy atom. The quantitative estimate of drug-likeness (QED) is 0.373. The van der Waals surface area contributed by atoms with Gasteiger partial charge in [-0.05, 0) is 29.3 Å². The summed E-state index contributed by atoms with van der Waals surface area (Å²) in [5.74, 6) is -2.08. The molecule has 0 saturated carbocycles. The average Bonchev–Trinajstić information content (AvgIpc) is 2.99. The van der Waals surface area contributed by atoms with E-state index in [0.717, 1.165) is 12.1 Å². The van der Waals surface area contributed by atoms with Crippen LogP contribution in [0.5, 0.6) is 0 Å². The minimum atomic E-state index is -4.91. The number of carbonyl (C=O) groups is 2. The molecular formula is C16H12BrClF3N3O4S. The number of aromatic nitrogens is 1. The molecule has 2 amide bonds. The predicted molar refractivity (Wildman–Crippen MR) is 104 cm³/mol. The van der Waals surface area contributed by atoms with Gasteiger partial charge in [0.25, 0.3) is 11.6 Å². The number of alkyl halides is 3. The molecule has 0 fully saturated rings. The van der Waals surface area contributed by atoms with Crippen LogP contribution in [-0.4, -0.2) is 21.7 Å². The molecule has 0 radical (unpaired) electrons. The van der Waals surface area contributed by atoms with Gasteiger partial charge in [-0.3, -0.25) is 19.7 Å². The van der Waals surface area contributed by atoms with Crippen molar-refractivity contribution in [2.75, 3.05) is 4.90 Å². The molecule has 0 aliphatic heterocycles. The number of nitro benzene ring substituents is 1. The summed E-state index contributed by atoms with van der Waals surface area (Å²) in [6.07, 6.45) is -4.77. The number of carbonyl (C=O) groups excluding carboxylic acids is 2. The number of benzene rings is 1. The van der Waals surface area contributed by atoms with Crippen LogP contribution in [0.25, 0.3) is 0 Å². The Kier molecular flexibility index (Phi) is 7.01. The van der Waals surface area contributed by atoms with Crippen molar-refractivity contribution in [2.45, 2.75) is 32.9 Å². The lowest BCUT2D eigenvalue weighted by molar-refractivity contribution is -0.384. The predicted octanol–water partition coefficient (Wildman–Crippen LogP) is 5.77. The highest BCUT2D eigenvalue weighted by atomic mass is 79.9. The lowest BCUT2D eigenvalue weighted by atomic mass is 10.2. The van der Waals surface area contributed by atoms with E-state index in [1.807, 2.05) is 0 Å². The molecule has 0 spiro atoms. The number of nitro groups is 1. The van der Waals surface area contributed by atoms with Crippen molar-refractivity contribution in [2.24, 2.45) is 0 Å². The molecule has 2 rings (SSSR count). The largest absolute Gasteiger partial charge is 0.435 e. The number of non-ortho nitro benzene ring substituents is 1. The standard InChI is InChI=1S/C16H12BrClF3N3O4S/c1-3-4-11(25)23(12-9(17)5-8(24(27)28)6-10(12)18)15(26)13-14(16(19,20)21)22-7(2)29-13/h5-6H,3-4H2,1-2H3. The van der Waals surface area contributed by atoms with Crippen LogP contribution in [0, 0.1) is 17.0 Å². The zero-order valence-electron chi connectivity index (χ0n) is 14.8. The van der Waals surface area contributed by atoms with Crippen LogP contribution in [-0.2, 0) is 11.0 Å². The Morgan fingerprint density at radius 3 is 2.48 bits per heavy atom. The molecule has 1 aromatic carbocycles. The summed E-state index contributed by atoms with van der Waals surface area (Å²) >= 11 is 9.58. The van der Waals surface area contributed by atoms with Crippen molar-refractivity contribution in [1.82, 2.24) is 4.98 Å². The van der Waals surface area contributed by atoms with Gasteiger partial charge in [0.1, 0.15) is 4.88 Å². The molecule has 0 aliphatic rings. The Morgan fingerprint density at radius 1 is 1.38 bits per heavy atom. The number of imide groups is 1. The van der Waals surface area contributed by atoms with Crippen LogP contribution in [0.15, 0.2) is 16.6 Å². The average molecular weight is 515 g/mol. The second kappa shape index (κ2) is 8.76. The first-order chi connectivity index (χ1) is 13.4. The second-order valence-electron chi connectivity index (χ2n) is 5.71. The normalized spacial score (nSPS) is 11.4. The summed E-state index contributed by atoms with van der Waals surface area (Å²) < 4.78 is 39.9. The smallest absolute Gasteiger partial charge is 0.274 e. The molecule has 0 aliphatic carbocycles. The summed E-state index contributed by atoms with van der Waals surface area (Å²) in [6.45, 7) is 2.94. The number of hydrogen-bond donors (Lipinski definition) is 0. The summed E-state index contributed by atoms with van der Waals surface area (Å²) in [5.41, 5.74) is -2.11. The number of rotatable bonds is 5. The first kappa shape index (κ1) is 23.2. The maximum Gasteiger partial charge on any atom is 0.435 e. The number of amides is 2. The van der Waals surface area contributed by atoms with Crippen molar-refractivity contribution in [3.63, 3.8) is 0 Å². The van der Waals surface area contributed by atoms with Crippen molar-refractivity contribution in [1.29, 1.82) is 0 Å². The zero-order valence-corrected chi connectivity index (χ0v) is 18.0. The van der Waals surface area contributed by atoms with Crippen LogP contribution in [0.1, 0.15) is 40.1 Å². The fourth-order valence-electron chi connectivity index (χ4n) is 2.40. The molecular weight excluding hydrogens is 503 g/mol. The van der Waals surface area contributed by atoms with E-state index in [1.165, 1.54) is 6.92 Å². The molecule has 13 heteroatoms. The van der Waals surface area contributed by atoms with Gasteiger partial charge in [0, 0.05) is 18.6 Å². The molecule has 7 nitrogen and oxygen atoms in total. The number of nitrogens with zero attached hydrogens (tertiary/aromatic N) is 3. The number of halogens is 5. The second-order valence-corrected chi connectivity index (χ2v) is 8.17. The minimum Gasteiger partial charge on any atom is -0.274 e. The van der Waals surface area contributed by atoms with Gasteiger partial charge >= 0.3 is 6.18 Å². The molecule has 156 valence electrons. The summed E-state index contributed by atoms with van der Waals surface area (Å²) in [4.78, 5) is 39.0. The molecule has 0 N–H and O–H groups in total. The first-order valence-electron chi connectivity index (χ1n) is 7.93. The number of thiazole rings is 1. The van der Waals surface area contributed by atoms with Gasteiger partial charge in [0.15, 0.2) is 5.69 Å². The third-order valence-electron chi connectivity index (χ3n) is 3.55. The van der Waals surface area contributed by atoms with Gasteiger partial charge in [-0.25, -0.2) is 9.88 Å². The maximum absolute atomic E-state index is 13.3. The fourth-order valence-corrected chi connectivity index (χ4v) is 4.31. The van der Waals surface area contributed by atoms with Crippen molar-refractivity contribution < 1.29 is 27.7 Å². The summed E-state index contributed by atoms with van der Waals surface area (Å²) in [6, 6.07) is 1.91. The minimum absolute atomic E-state index is 0.0163. The lowest BCUT2D eigenvalue weighted by Gasteiger charge is -2.23. The molecule has 0 bridgehead atoms. The Labute approximate surface area is 179 Å². The van der Waals surface area contributed by atoms with E-state index in [0.29, 0.717) is 22.7 Å². The van der Waals surface area contributed by atoms with Crippen LogP contribution in [0.4, 0.5) is 24.5 Å². The van der Waals surface area contributed by atoms with Gasteiger partial charge in [-0.2, -0.15) is 13.2 Å². The van der Waals surface area contributed by atoms with Crippen LogP contribution >= 0.6 is 38.9 Å². The van der Waals surface area contributed by atoms with Crippen molar-refractivity contribution in [3.05, 3.63) is 47.3 Å². The molecule has 1 heterocycles. The SMILES string of the molecule is CCCC(=O)N(C(=O)c1sc(C)nc1C(F)(F)F)c1c(Cl)cc([N+](=O)[O-])cc1Br. The zero-order chi connectivity index (χ0) is 22.1. The number of anilines is 1. The third kappa shape index (κ3) is 4.93. The van der Waals surface area contributed by atoms with Gasteiger partial charge in [0.2, 0.25) is 5.91 Å². The Hall–Kier alpha value is -2.05. The van der Waals surface area contributed by atoms with Gasteiger partial charge in [-0.15, -0.1) is 11.3 Å². The van der Waals surface area contributed by atoms with E-state index < -0.39 is 39.2 Å². The van der Waals surface area contributed by atoms with E-state index in [1.54, 1.807) is 6.92 Å². The summed E-state index contributed by atoms with van der Waals surface area (Å²) in [5, 5.41) is 10.6. The number of aryl methyl sites for hydroxylation is 1. The van der Waals surface area contributed by atoms with E-state index in [2.05, 4.69) is 20.9 Å². The first-order valence-corrected chi connectivity index (χ1v) is 9.92. The monoisotopic (exact) mass is 513 g/mol. The molecule has 29 heavy (non-hydrogen) atoms. The van der Waals surface area contributed by atoms with Crippen molar-refractivity contribution >= 4 is 62.1 Å². The van der Waals surface area contributed by atoms with Crippen LogP contribution in [0.2, 0.25) is 5.02 Å². The van der Waals surface area contributed by atoms with Gasteiger partial charge in [-0.1, -0.05) is 18.5 Å². The van der Waals surface area contributed by atoms with Crippen LogP contribution < -0.4 is 4.90 Å². The van der Waals surface area contributed by atoms with E-state index in [9.17, 15) is 32.9 Å². The highest BCUT2D eigenvalue weighted by Gasteiger charge is 2.42.